The van der Waals surface area contributed by atoms with Crippen molar-refractivity contribution >= 4 is 39.2 Å². The third kappa shape index (κ3) is 3.40. The topological polar surface area (TPSA) is 66.8 Å². The van der Waals surface area contributed by atoms with Gasteiger partial charge in [0.1, 0.15) is 11.5 Å². The van der Waals surface area contributed by atoms with E-state index in [4.69, 9.17) is 14.2 Å². The summed E-state index contributed by atoms with van der Waals surface area (Å²) in [5, 5.41) is 2.92. The summed E-state index contributed by atoms with van der Waals surface area (Å²) in [6.45, 7) is 7.52. The van der Waals surface area contributed by atoms with Crippen molar-refractivity contribution in [1.29, 1.82) is 0 Å². The molecule has 5 rings (SSSR count). The van der Waals surface area contributed by atoms with Crippen molar-refractivity contribution in [2.75, 3.05) is 14.2 Å². The van der Waals surface area contributed by atoms with E-state index in [2.05, 4.69) is 10.6 Å². The molecule has 1 aliphatic heterocycles. The summed E-state index contributed by atoms with van der Waals surface area (Å²) in [5.41, 5.74) is 5.79. The quantitative estimate of drug-likeness (QED) is 0.194. The number of methoxy groups -OCH3 is 2. The lowest BCUT2D eigenvalue weighted by Crippen LogP contribution is -2.01. The van der Waals surface area contributed by atoms with Crippen LogP contribution in [0, 0.1) is 6.92 Å². The van der Waals surface area contributed by atoms with E-state index in [-0.39, 0.29) is 0 Å². The fourth-order valence-electron chi connectivity index (χ4n) is 5.24. The fourth-order valence-corrected chi connectivity index (χ4v) is 5.24. The summed E-state index contributed by atoms with van der Waals surface area (Å²) in [5.74, 6) is 0.273. The molecule has 0 radical (unpaired) electrons. The maximum atomic E-state index is 12.9. The summed E-state index contributed by atoms with van der Waals surface area (Å²) < 4.78 is 18.4. The number of carbonyl (C=O) groups is 2. The van der Waals surface area contributed by atoms with Crippen LogP contribution in [0.5, 0.6) is 11.5 Å². The van der Waals surface area contributed by atoms with Crippen molar-refractivity contribution in [2.24, 2.45) is 0 Å². The van der Waals surface area contributed by atoms with Gasteiger partial charge < -0.3 is 18.8 Å². The van der Waals surface area contributed by atoms with Crippen LogP contribution in [0.3, 0.4) is 0 Å². The first-order valence-corrected chi connectivity index (χ1v) is 11.7. The Hall–Kier alpha value is -4.32. The molecule has 1 fully saturated rings. The first-order chi connectivity index (χ1) is 17.3. The fraction of sp³-hybridized carbons (Fsp3) is 0.200. The van der Waals surface area contributed by atoms with E-state index in [9.17, 15) is 9.59 Å². The zero-order valence-corrected chi connectivity index (χ0v) is 21.2. The summed E-state index contributed by atoms with van der Waals surface area (Å²) >= 11 is 0. The minimum Gasteiger partial charge on any atom is -0.497 e. The molecule has 0 bridgehead atoms. The van der Waals surface area contributed by atoms with E-state index in [0.717, 1.165) is 55.7 Å². The highest BCUT2D eigenvalue weighted by atomic mass is 16.6. The van der Waals surface area contributed by atoms with E-state index >= 15 is 0 Å². The Kier molecular flexibility index (Phi) is 5.67. The molecule has 0 atom stereocenters. The number of aromatic nitrogens is 1. The zero-order valence-electron chi connectivity index (χ0n) is 21.2. The third-order valence-corrected chi connectivity index (χ3v) is 6.81. The molecule has 182 valence electrons. The third-order valence-electron chi connectivity index (χ3n) is 6.81. The number of rotatable bonds is 4. The first-order valence-electron chi connectivity index (χ1n) is 11.7. The maximum Gasteiger partial charge on any atom is 0.347 e. The molecule has 1 aromatic heterocycles. The Morgan fingerprint density at radius 2 is 1.44 bits per heavy atom. The lowest BCUT2D eigenvalue weighted by molar-refractivity contribution is -0.149. The number of nitrogens with zero attached hydrogens (tertiary/aromatic N) is 1. The van der Waals surface area contributed by atoms with E-state index in [1.165, 1.54) is 0 Å². The summed E-state index contributed by atoms with van der Waals surface area (Å²) in [7, 11) is 3.29. The molecule has 0 amide bonds. The van der Waals surface area contributed by atoms with Gasteiger partial charge in [0, 0.05) is 33.1 Å². The molecule has 0 aliphatic carbocycles. The molecule has 0 unspecified atom stereocenters. The number of ether oxygens (including phenoxy) is 3. The first kappa shape index (κ1) is 23.4. The van der Waals surface area contributed by atoms with Crippen molar-refractivity contribution in [1.82, 2.24) is 4.57 Å². The van der Waals surface area contributed by atoms with Crippen LogP contribution >= 0.6 is 0 Å². The second-order valence-electron chi connectivity index (χ2n) is 9.07. The molecule has 0 N–H and O–H groups in total. The maximum absolute atomic E-state index is 12.9. The van der Waals surface area contributed by atoms with E-state index in [1.807, 2.05) is 76.2 Å². The molecule has 0 spiro atoms. The summed E-state index contributed by atoms with van der Waals surface area (Å²) in [6.07, 6.45) is 0. The highest BCUT2D eigenvalue weighted by Crippen LogP contribution is 2.44. The van der Waals surface area contributed by atoms with Crippen LogP contribution in [0.1, 0.15) is 32.0 Å². The molecular weight excluding hydrogens is 454 g/mol. The number of carbonyl (C=O) groups excluding carboxylic acids is 2. The second-order valence-corrected chi connectivity index (χ2v) is 9.07. The summed E-state index contributed by atoms with van der Waals surface area (Å²) in [6, 6.07) is 18.0. The Balaban J connectivity index is 1.96. The average Bonchev–Trinajstić information content (AvgIpc) is 3.35. The van der Waals surface area contributed by atoms with E-state index < -0.39 is 11.9 Å². The molecule has 1 aliphatic rings. The lowest BCUT2D eigenvalue weighted by Gasteiger charge is -2.13. The van der Waals surface area contributed by atoms with Crippen LogP contribution < -0.4 is 9.47 Å². The predicted molar refractivity (Wildman–Crippen MR) is 141 cm³/mol. The van der Waals surface area contributed by atoms with Crippen molar-refractivity contribution in [3.8, 4) is 17.2 Å². The number of hydrogen-bond donors (Lipinski definition) is 0. The largest absolute Gasteiger partial charge is 0.497 e. The molecule has 3 aromatic carbocycles. The Morgan fingerprint density at radius 1 is 0.806 bits per heavy atom. The molecule has 2 heterocycles. The molecule has 6 nitrogen and oxygen atoms in total. The summed E-state index contributed by atoms with van der Waals surface area (Å²) in [4.78, 5) is 25.4. The smallest absolute Gasteiger partial charge is 0.347 e. The highest BCUT2D eigenvalue weighted by Gasteiger charge is 2.37. The number of allylic oxidation sites excluding steroid dienone is 2. The van der Waals surface area contributed by atoms with Gasteiger partial charge in [-0.15, -0.1) is 0 Å². The van der Waals surface area contributed by atoms with Crippen LogP contribution in [0.4, 0.5) is 0 Å². The molecule has 1 saturated heterocycles. The second kappa shape index (κ2) is 8.72. The zero-order chi connectivity index (χ0) is 25.7. The molecule has 4 aromatic rings. The van der Waals surface area contributed by atoms with Crippen molar-refractivity contribution in [2.45, 2.75) is 27.7 Å². The Labute approximate surface area is 209 Å². The van der Waals surface area contributed by atoms with Gasteiger partial charge >= 0.3 is 11.9 Å². The van der Waals surface area contributed by atoms with Crippen molar-refractivity contribution in [3.05, 3.63) is 82.6 Å². The van der Waals surface area contributed by atoms with Gasteiger partial charge in [0.25, 0.3) is 0 Å². The van der Waals surface area contributed by atoms with Crippen LogP contribution in [-0.4, -0.2) is 30.7 Å². The standard InChI is InChI=1S/C30H27NO5/c1-16(2)25-27(30(33)36-29(25)32)17(3)26-18(4)31(19-11-13-20(34-5)14-12-19)28-22-10-8-7-9-21(22)24(35-6)15-23(26)28/h7-15H,1-6H3. The average molecular weight is 482 g/mol. The number of cyclic esters (lactones) is 2. The van der Waals surface area contributed by atoms with Crippen LogP contribution in [-0.2, 0) is 14.3 Å². The van der Waals surface area contributed by atoms with Gasteiger partial charge in [0.15, 0.2) is 0 Å². The molecular formula is C30H27NO5. The highest BCUT2D eigenvalue weighted by molar-refractivity contribution is 6.23. The Bertz CT molecular complexity index is 1630. The van der Waals surface area contributed by atoms with Crippen LogP contribution in [0.15, 0.2) is 71.3 Å². The molecule has 0 saturated carbocycles. The minimum absolute atomic E-state index is 0.309. The van der Waals surface area contributed by atoms with E-state index in [1.54, 1.807) is 14.2 Å². The number of hydrogen-bond acceptors (Lipinski definition) is 5. The van der Waals surface area contributed by atoms with Crippen LogP contribution in [0.2, 0.25) is 0 Å². The normalized spacial score (nSPS) is 15.0. The van der Waals surface area contributed by atoms with Crippen molar-refractivity contribution < 1.29 is 23.8 Å². The van der Waals surface area contributed by atoms with E-state index in [0.29, 0.717) is 16.7 Å². The predicted octanol–water partition coefficient (Wildman–Crippen LogP) is 6.30. The molecule has 6 heteroatoms. The van der Waals surface area contributed by atoms with Crippen molar-refractivity contribution in [3.63, 3.8) is 0 Å². The van der Waals surface area contributed by atoms with Gasteiger partial charge in [-0.1, -0.05) is 29.8 Å². The minimum atomic E-state index is -0.619. The van der Waals surface area contributed by atoms with Gasteiger partial charge in [0.2, 0.25) is 0 Å². The van der Waals surface area contributed by atoms with Gasteiger partial charge in [-0.05, 0) is 63.6 Å². The van der Waals surface area contributed by atoms with Gasteiger partial charge in [0.05, 0.1) is 30.9 Å². The monoisotopic (exact) mass is 481 g/mol. The van der Waals surface area contributed by atoms with Gasteiger partial charge in [-0.25, -0.2) is 9.59 Å². The van der Waals surface area contributed by atoms with Gasteiger partial charge in [-0.3, -0.25) is 0 Å². The van der Waals surface area contributed by atoms with Crippen LogP contribution in [0.25, 0.3) is 32.9 Å². The number of fused-ring (bicyclic) bond motifs is 3. The van der Waals surface area contributed by atoms with Gasteiger partial charge in [-0.2, -0.15) is 0 Å². The lowest BCUT2D eigenvalue weighted by atomic mass is 9.92. The number of esters is 2. The molecule has 36 heavy (non-hydrogen) atoms. The number of benzene rings is 3. The Morgan fingerprint density at radius 3 is 2.06 bits per heavy atom. The SMILES string of the molecule is COc1ccc(-n2c(C)c(C(C)=C3C(=O)OC(=O)C3=C(C)C)c3cc(OC)c4ccccc4c32)cc1.